The molecular formula is C27H29ClF3N7O3. The zero-order chi connectivity index (χ0) is 29.0. The van der Waals surface area contributed by atoms with E-state index in [1.807, 2.05) is 4.90 Å². The second-order valence-electron chi connectivity index (χ2n) is 9.54. The Balaban J connectivity index is 1.23. The number of fused-ring (bicyclic) bond motifs is 1. The van der Waals surface area contributed by atoms with Gasteiger partial charge in [-0.15, -0.1) is 0 Å². The average molecular weight is 592 g/mol. The lowest BCUT2D eigenvalue weighted by molar-refractivity contribution is -0.138. The van der Waals surface area contributed by atoms with E-state index in [4.69, 9.17) is 21.1 Å². The number of benzene rings is 2. The summed E-state index contributed by atoms with van der Waals surface area (Å²) >= 11 is 6.36. The lowest BCUT2D eigenvalue weighted by atomic mass is 10.0. The number of nitrogens with one attached hydrogen (secondary N) is 3. The van der Waals surface area contributed by atoms with Gasteiger partial charge in [0, 0.05) is 44.1 Å². The predicted molar refractivity (Wildman–Crippen MR) is 149 cm³/mol. The summed E-state index contributed by atoms with van der Waals surface area (Å²) < 4.78 is 53.1. The maximum atomic E-state index is 13.9. The van der Waals surface area contributed by atoms with E-state index in [-0.39, 0.29) is 34.4 Å². The first-order valence-corrected chi connectivity index (χ1v) is 13.5. The lowest BCUT2D eigenvalue weighted by Crippen LogP contribution is -2.45. The largest absolute Gasteiger partial charge is 0.483 e. The molecule has 218 valence electrons. The van der Waals surface area contributed by atoms with Gasteiger partial charge in [-0.3, -0.25) is 4.90 Å². The minimum Gasteiger partial charge on any atom is -0.483 e. The number of rotatable bonds is 7. The summed E-state index contributed by atoms with van der Waals surface area (Å²) in [6, 6.07) is 7.63. The number of hydrogen-bond acceptors (Lipinski definition) is 8. The summed E-state index contributed by atoms with van der Waals surface area (Å²) in [7, 11) is 0. The zero-order valence-corrected chi connectivity index (χ0v) is 23.0. The number of likely N-dealkylation sites (N-methyl/N-ethyl adjacent to an activating group) is 1. The highest BCUT2D eigenvalue weighted by Gasteiger charge is 2.34. The van der Waals surface area contributed by atoms with Crippen molar-refractivity contribution < 1.29 is 27.4 Å². The van der Waals surface area contributed by atoms with Crippen LogP contribution in [0.1, 0.15) is 18.1 Å². The molecule has 0 unspecified atom stereocenters. The van der Waals surface area contributed by atoms with Crippen LogP contribution in [-0.4, -0.2) is 71.7 Å². The van der Waals surface area contributed by atoms with Crippen molar-refractivity contribution in [1.82, 2.24) is 19.8 Å². The monoisotopic (exact) mass is 591 g/mol. The molecule has 0 spiro atoms. The van der Waals surface area contributed by atoms with Crippen LogP contribution in [0.25, 0.3) is 0 Å². The molecular weight excluding hydrogens is 563 g/mol. The van der Waals surface area contributed by atoms with Crippen LogP contribution in [0.15, 0.2) is 42.7 Å². The van der Waals surface area contributed by atoms with Crippen LogP contribution >= 0.6 is 11.6 Å². The normalized spacial score (nSPS) is 15.8. The molecule has 5 rings (SSSR count). The first kappa shape index (κ1) is 28.7. The van der Waals surface area contributed by atoms with E-state index in [1.165, 1.54) is 36.7 Å². The van der Waals surface area contributed by atoms with Gasteiger partial charge in [-0.05, 0) is 42.4 Å². The number of piperazine rings is 1. The fraction of sp³-hybridized carbons (Fsp3) is 0.370. The summed E-state index contributed by atoms with van der Waals surface area (Å²) in [5, 5.41) is 8.30. The molecule has 2 aromatic carbocycles. The molecule has 0 aliphatic carbocycles. The van der Waals surface area contributed by atoms with Crippen LogP contribution < -0.4 is 25.4 Å². The molecule has 1 fully saturated rings. The minimum atomic E-state index is -4.57. The Hall–Kier alpha value is -3.81. The van der Waals surface area contributed by atoms with E-state index in [0.717, 1.165) is 25.7 Å². The summed E-state index contributed by atoms with van der Waals surface area (Å²) in [5.41, 5.74) is -0.283. The van der Waals surface area contributed by atoms with Gasteiger partial charge >= 0.3 is 12.2 Å². The number of nitrogens with zero attached hydrogens (tertiary/aromatic N) is 4. The van der Waals surface area contributed by atoms with Gasteiger partial charge in [-0.1, -0.05) is 24.6 Å². The first-order valence-electron chi connectivity index (χ1n) is 13.1. The Morgan fingerprint density at radius 1 is 1.07 bits per heavy atom. The summed E-state index contributed by atoms with van der Waals surface area (Å²) in [6.07, 6.45) is -3.24. The molecule has 41 heavy (non-hydrogen) atoms. The van der Waals surface area contributed by atoms with Crippen molar-refractivity contribution in [2.45, 2.75) is 19.6 Å². The van der Waals surface area contributed by atoms with Gasteiger partial charge < -0.3 is 30.3 Å². The molecule has 2 aliphatic rings. The summed E-state index contributed by atoms with van der Waals surface area (Å²) in [4.78, 5) is 25.1. The lowest BCUT2D eigenvalue weighted by Gasteiger charge is -2.34. The Kier molecular flexibility index (Phi) is 8.66. The highest BCUT2D eigenvalue weighted by atomic mass is 35.5. The molecule has 1 saturated heterocycles. The predicted octanol–water partition coefficient (Wildman–Crippen LogP) is 5.53. The van der Waals surface area contributed by atoms with Crippen LogP contribution in [0, 0.1) is 0 Å². The van der Waals surface area contributed by atoms with Crippen molar-refractivity contribution in [3.63, 3.8) is 0 Å². The number of amides is 2. The summed E-state index contributed by atoms with van der Waals surface area (Å²) in [6.45, 7) is 7.25. The molecule has 3 aromatic rings. The Bertz CT molecular complexity index is 1400. The highest BCUT2D eigenvalue weighted by molar-refractivity contribution is 6.32. The van der Waals surface area contributed by atoms with Crippen molar-refractivity contribution in [1.29, 1.82) is 0 Å². The second-order valence-corrected chi connectivity index (χ2v) is 9.95. The molecule has 2 amide bonds. The molecule has 14 heteroatoms. The van der Waals surface area contributed by atoms with Crippen LogP contribution in [-0.2, 0) is 12.7 Å². The van der Waals surface area contributed by atoms with Gasteiger partial charge in [-0.2, -0.15) is 18.2 Å². The molecule has 3 N–H and O–H groups in total. The SMILES string of the molecule is CCN1CCN(Cc2ccc(NC(=O)Nc3ccc(Oc4ncnc5c4OCCN5)c(Cl)c3)cc2C(F)(F)F)CC1. The molecule has 0 saturated carbocycles. The van der Waals surface area contributed by atoms with Crippen molar-refractivity contribution >= 4 is 34.8 Å². The molecule has 0 atom stereocenters. The number of alkyl halides is 3. The number of aromatic nitrogens is 2. The number of hydrogen-bond donors (Lipinski definition) is 3. The third kappa shape index (κ3) is 7.10. The number of carbonyl (C=O) groups excluding carboxylic acids is 1. The van der Waals surface area contributed by atoms with Crippen molar-refractivity contribution in [3.05, 3.63) is 58.9 Å². The Morgan fingerprint density at radius 2 is 1.78 bits per heavy atom. The van der Waals surface area contributed by atoms with Crippen LogP contribution in [0.4, 0.5) is 35.2 Å². The van der Waals surface area contributed by atoms with Crippen molar-refractivity contribution in [2.75, 3.05) is 61.8 Å². The van der Waals surface area contributed by atoms with E-state index in [1.54, 1.807) is 0 Å². The second kappa shape index (κ2) is 12.4. The Morgan fingerprint density at radius 3 is 2.49 bits per heavy atom. The quantitative estimate of drug-likeness (QED) is 0.330. The molecule has 0 bridgehead atoms. The van der Waals surface area contributed by atoms with Crippen LogP contribution in [0.5, 0.6) is 17.4 Å². The van der Waals surface area contributed by atoms with Gasteiger partial charge in [0.15, 0.2) is 5.82 Å². The third-order valence-corrected chi connectivity index (χ3v) is 7.08. The summed E-state index contributed by atoms with van der Waals surface area (Å²) in [5.74, 6) is 1.30. The molecule has 2 aliphatic heterocycles. The maximum absolute atomic E-state index is 13.9. The molecule has 3 heterocycles. The minimum absolute atomic E-state index is 0.0163. The fourth-order valence-electron chi connectivity index (χ4n) is 4.63. The standard InChI is InChI=1S/C27H29ClF3N7O3/c1-2-37-8-10-38(11-9-37)15-17-3-4-18(13-20(17)27(29,30)31)35-26(39)36-19-5-6-22(21(28)14-19)41-25-23-24(33-16-34-25)32-7-12-40-23/h3-6,13-14,16H,2,7-12,15H2,1H3,(H,32,33,34)(H2,35,36,39). The van der Waals surface area contributed by atoms with E-state index >= 15 is 0 Å². The van der Waals surface area contributed by atoms with E-state index in [2.05, 4.69) is 37.7 Å². The molecule has 0 radical (unpaired) electrons. The van der Waals surface area contributed by atoms with Gasteiger partial charge in [-0.25, -0.2) is 9.78 Å². The van der Waals surface area contributed by atoms with Gasteiger partial charge in [0.2, 0.25) is 5.75 Å². The number of urea groups is 1. The highest BCUT2D eigenvalue weighted by Crippen LogP contribution is 2.39. The van der Waals surface area contributed by atoms with E-state index in [9.17, 15) is 18.0 Å². The molecule has 1 aromatic heterocycles. The number of anilines is 3. The van der Waals surface area contributed by atoms with Crippen LogP contribution in [0.2, 0.25) is 5.02 Å². The smallest absolute Gasteiger partial charge is 0.416 e. The zero-order valence-electron chi connectivity index (χ0n) is 22.2. The van der Waals surface area contributed by atoms with Gasteiger partial charge in [0.1, 0.15) is 18.7 Å². The van der Waals surface area contributed by atoms with Gasteiger partial charge in [0.25, 0.3) is 5.88 Å². The first-order chi connectivity index (χ1) is 19.7. The Labute approximate surface area is 239 Å². The van der Waals surface area contributed by atoms with Crippen molar-refractivity contribution in [2.24, 2.45) is 0 Å². The van der Waals surface area contributed by atoms with E-state index in [0.29, 0.717) is 43.5 Å². The number of carbonyl (C=O) groups is 1. The fourth-order valence-corrected chi connectivity index (χ4v) is 4.85. The molecule has 10 nitrogen and oxygen atoms in total. The number of ether oxygens (including phenoxy) is 2. The average Bonchev–Trinajstić information content (AvgIpc) is 2.95. The van der Waals surface area contributed by atoms with Crippen LogP contribution in [0.3, 0.4) is 0 Å². The van der Waals surface area contributed by atoms with Crippen molar-refractivity contribution in [3.8, 4) is 17.4 Å². The van der Waals surface area contributed by atoms with E-state index < -0.39 is 17.8 Å². The maximum Gasteiger partial charge on any atom is 0.416 e. The number of halogens is 4. The third-order valence-electron chi connectivity index (χ3n) is 6.79. The topological polar surface area (TPSA) is 104 Å². The van der Waals surface area contributed by atoms with Gasteiger partial charge in [0.05, 0.1) is 17.1 Å².